The maximum absolute atomic E-state index is 11.7. The smallest absolute Gasteiger partial charge is 0.277 e. The van der Waals surface area contributed by atoms with E-state index in [2.05, 4.69) is 9.44 Å². The van der Waals surface area contributed by atoms with Crippen LogP contribution in [0.5, 0.6) is 0 Å². The number of amidine groups is 1. The largest absolute Gasteiger partial charge is 0.386 e. The van der Waals surface area contributed by atoms with Crippen molar-refractivity contribution in [3.63, 3.8) is 0 Å². The Morgan fingerprint density at radius 1 is 1.44 bits per heavy atom. The molecule has 1 saturated carbocycles. The van der Waals surface area contributed by atoms with Crippen molar-refractivity contribution in [2.75, 3.05) is 6.54 Å². The Labute approximate surface area is 96.7 Å². The lowest BCUT2D eigenvalue weighted by Crippen LogP contribution is -2.57. The second-order valence-corrected chi connectivity index (χ2v) is 5.70. The van der Waals surface area contributed by atoms with Crippen LogP contribution in [0.2, 0.25) is 0 Å². The van der Waals surface area contributed by atoms with E-state index in [-0.39, 0.29) is 5.84 Å². The van der Waals surface area contributed by atoms with E-state index in [9.17, 15) is 8.42 Å². The van der Waals surface area contributed by atoms with Crippen LogP contribution in [0, 0.1) is 5.41 Å². The third-order valence-corrected chi connectivity index (χ3v) is 4.09. The van der Waals surface area contributed by atoms with E-state index < -0.39 is 15.7 Å². The monoisotopic (exact) mass is 248 g/mol. The molecule has 1 rings (SSSR count). The molecule has 7 heteroatoms. The molecule has 0 aliphatic heterocycles. The predicted molar refractivity (Wildman–Crippen MR) is 63.5 cm³/mol. The van der Waals surface area contributed by atoms with Gasteiger partial charge in [0.2, 0.25) is 0 Å². The first-order valence-electron chi connectivity index (χ1n) is 5.55. The van der Waals surface area contributed by atoms with Crippen LogP contribution in [0.4, 0.5) is 0 Å². The van der Waals surface area contributed by atoms with Gasteiger partial charge in [-0.3, -0.25) is 5.41 Å². The van der Waals surface area contributed by atoms with Crippen molar-refractivity contribution in [3.8, 4) is 0 Å². The van der Waals surface area contributed by atoms with Gasteiger partial charge < -0.3 is 5.73 Å². The van der Waals surface area contributed by atoms with Gasteiger partial charge in [-0.1, -0.05) is 19.8 Å². The fourth-order valence-electron chi connectivity index (χ4n) is 1.93. The van der Waals surface area contributed by atoms with Gasteiger partial charge in [-0.15, -0.1) is 0 Å². The number of nitrogens with two attached hydrogens (primary N) is 1. The zero-order valence-corrected chi connectivity index (χ0v) is 10.4. The van der Waals surface area contributed by atoms with E-state index in [1.54, 1.807) is 0 Å². The molecule has 0 spiro atoms. The van der Waals surface area contributed by atoms with E-state index in [4.69, 9.17) is 11.1 Å². The van der Waals surface area contributed by atoms with Gasteiger partial charge in [0, 0.05) is 6.54 Å². The minimum absolute atomic E-state index is 0.0909. The number of hydrogen-bond acceptors (Lipinski definition) is 3. The molecule has 0 aromatic heterocycles. The summed E-state index contributed by atoms with van der Waals surface area (Å²) in [7, 11) is -3.55. The minimum atomic E-state index is -3.55. The topological polar surface area (TPSA) is 108 Å². The SMILES string of the molecule is CCCNS(=O)(=O)NC1(C(=N)N)CCCC1. The summed E-state index contributed by atoms with van der Waals surface area (Å²) < 4.78 is 28.3. The molecule has 0 saturated heterocycles. The van der Waals surface area contributed by atoms with Crippen molar-refractivity contribution in [3.05, 3.63) is 0 Å². The van der Waals surface area contributed by atoms with Gasteiger partial charge in [-0.2, -0.15) is 13.1 Å². The van der Waals surface area contributed by atoms with E-state index in [1.807, 2.05) is 6.92 Å². The van der Waals surface area contributed by atoms with E-state index in [0.29, 0.717) is 19.4 Å². The first-order valence-corrected chi connectivity index (χ1v) is 7.03. The first-order chi connectivity index (χ1) is 7.42. The Kier molecular flexibility index (Phi) is 4.28. The van der Waals surface area contributed by atoms with Gasteiger partial charge in [0.15, 0.2) is 0 Å². The lowest BCUT2D eigenvalue weighted by Gasteiger charge is -2.28. The predicted octanol–water partition coefficient (Wildman–Crippen LogP) is 0.0692. The Balaban J connectivity index is 2.72. The lowest BCUT2D eigenvalue weighted by molar-refractivity contribution is 0.488. The van der Waals surface area contributed by atoms with Gasteiger partial charge in [0.25, 0.3) is 10.2 Å². The summed E-state index contributed by atoms with van der Waals surface area (Å²) in [4.78, 5) is 0. The molecule has 16 heavy (non-hydrogen) atoms. The Morgan fingerprint density at radius 2 is 2.00 bits per heavy atom. The molecule has 0 unspecified atom stereocenters. The lowest BCUT2D eigenvalue weighted by atomic mass is 9.98. The fourth-order valence-corrected chi connectivity index (χ4v) is 3.31. The highest BCUT2D eigenvalue weighted by atomic mass is 32.2. The Hall–Kier alpha value is -0.660. The summed E-state index contributed by atoms with van der Waals surface area (Å²) in [5.74, 6) is -0.0909. The van der Waals surface area contributed by atoms with Crippen LogP contribution in [0.25, 0.3) is 0 Å². The summed E-state index contributed by atoms with van der Waals surface area (Å²) in [5, 5.41) is 7.52. The van der Waals surface area contributed by atoms with Crippen LogP contribution in [0.1, 0.15) is 39.0 Å². The van der Waals surface area contributed by atoms with Crippen LogP contribution < -0.4 is 15.2 Å². The molecule has 0 heterocycles. The molecule has 0 bridgehead atoms. The molecule has 5 N–H and O–H groups in total. The summed E-state index contributed by atoms with van der Waals surface area (Å²) in [6.45, 7) is 2.28. The molecule has 1 aliphatic rings. The van der Waals surface area contributed by atoms with Crippen molar-refractivity contribution in [2.24, 2.45) is 5.73 Å². The first kappa shape index (κ1) is 13.4. The average Bonchev–Trinajstić information content (AvgIpc) is 2.64. The van der Waals surface area contributed by atoms with Gasteiger partial charge in [-0.05, 0) is 19.3 Å². The van der Waals surface area contributed by atoms with Crippen molar-refractivity contribution in [2.45, 2.75) is 44.6 Å². The van der Waals surface area contributed by atoms with Crippen LogP contribution in [0.15, 0.2) is 0 Å². The number of hydrogen-bond donors (Lipinski definition) is 4. The molecule has 94 valence electrons. The van der Waals surface area contributed by atoms with Crippen molar-refractivity contribution >= 4 is 16.0 Å². The molecule has 0 atom stereocenters. The highest BCUT2D eigenvalue weighted by Gasteiger charge is 2.40. The standard InChI is InChI=1S/C9H20N4O2S/c1-2-7-12-16(14,15)13-9(8(10)11)5-3-4-6-9/h12-13H,2-7H2,1H3,(H3,10,11). The van der Waals surface area contributed by atoms with Gasteiger partial charge in [0.05, 0.1) is 5.54 Å². The minimum Gasteiger partial charge on any atom is -0.386 e. The third kappa shape index (κ3) is 3.16. The molecule has 0 aromatic rings. The summed E-state index contributed by atoms with van der Waals surface area (Å²) >= 11 is 0. The van der Waals surface area contributed by atoms with Crippen LogP contribution in [0.3, 0.4) is 0 Å². The zero-order chi connectivity index (χ0) is 12.2. The van der Waals surface area contributed by atoms with Crippen molar-refractivity contribution < 1.29 is 8.42 Å². The summed E-state index contributed by atoms with van der Waals surface area (Å²) in [6, 6.07) is 0. The Morgan fingerprint density at radius 3 is 2.44 bits per heavy atom. The highest BCUT2D eigenvalue weighted by Crippen LogP contribution is 2.29. The molecular formula is C9H20N4O2S. The molecule has 0 radical (unpaired) electrons. The van der Waals surface area contributed by atoms with Crippen LogP contribution in [-0.4, -0.2) is 26.3 Å². The fraction of sp³-hybridized carbons (Fsp3) is 0.889. The van der Waals surface area contributed by atoms with Gasteiger partial charge >= 0.3 is 0 Å². The van der Waals surface area contributed by atoms with Crippen molar-refractivity contribution in [1.29, 1.82) is 5.41 Å². The third-order valence-electron chi connectivity index (χ3n) is 2.84. The highest BCUT2D eigenvalue weighted by molar-refractivity contribution is 7.87. The molecule has 1 fully saturated rings. The Bertz CT molecular complexity index is 347. The van der Waals surface area contributed by atoms with Gasteiger partial charge in [-0.25, -0.2) is 4.72 Å². The quantitative estimate of drug-likeness (QED) is 0.394. The number of rotatable bonds is 6. The summed E-state index contributed by atoms with van der Waals surface area (Å²) in [5.41, 5.74) is 4.64. The molecular weight excluding hydrogens is 228 g/mol. The second-order valence-electron chi connectivity index (χ2n) is 4.20. The maximum atomic E-state index is 11.7. The molecule has 0 aromatic carbocycles. The van der Waals surface area contributed by atoms with Crippen molar-refractivity contribution in [1.82, 2.24) is 9.44 Å². The molecule has 1 aliphatic carbocycles. The van der Waals surface area contributed by atoms with Gasteiger partial charge in [0.1, 0.15) is 5.84 Å². The van der Waals surface area contributed by atoms with Crippen LogP contribution in [-0.2, 0) is 10.2 Å². The van der Waals surface area contributed by atoms with E-state index in [0.717, 1.165) is 19.3 Å². The van der Waals surface area contributed by atoms with Crippen LogP contribution >= 0.6 is 0 Å². The van der Waals surface area contributed by atoms with E-state index >= 15 is 0 Å². The van der Waals surface area contributed by atoms with E-state index in [1.165, 1.54) is 0 Å². The molecule has 6 nitrogen and oxygen atoms in total. The maximum Gasteiger partial charge on any atom is 0.277 e. The summed E-state index contributed by atoms with van der Waals surface area (Å²) in [6.07, 6.45) is 3.74. The average molecular weight is 248 g/mol. The second kappa shape index (κ2) is 5.11. The molecule has 0 amide bonds. The number of nitrogens with one attached hydrogen (secondary N) is 3. The normalized spacial score (nSPS) is 19.8. The zero-order valence-electron chi connectivity index (χ0n) is 9.54.